The highest BCUT2D eigenvalue weighted by Crippen LogP contribution is 2.09. The highest BCUT2D eigenvalue weighted by molar-refractivity contribution is 5.82. The van der Waals surface area contributed by atoms with Gasteiger partial charge in [0, 0.05) is 26.6 Å². The van der Waals surface area contributed by atoms with Gasteiger partial charge in [-0.1, -0.05) is 30.3 Å². The van der Waals surface area contributed by atoms with Crippen molar-refractivity contribution in [2.45, 2.75) is 25.5 Å². The molecule has 2 atom stereocenters. The zero-order valence-corrected chi connectivity index (χ0v) is 12.8. The topological polar surface area (TPSA) is 84.7 Å². The summed E-state index contributed by atoms with van der Waals surface area (Å²) in [5.74, 6) is -0.173. The molecule has 0 radical (unpaired) electrons. The van der Waals surface area contributed by atoms with Crippen LogP contribution in [0.3, 0.4) is 0 Å². The fourth-order valence-corrected chi connectivity index (χ4v) is 2.49. The number of nitrogens with zero attached hydrogens (tertiary/aromatic N) is 1. The summed E-state index contributed by atoms with van der Waals surface area (Å²) >= 11 is 0. The van der Waals surface area contributed by atoms with Crippen molar-refractivity contribution < 1.29 is 14.3 Å². The third kappa shape index (κ3) is 4.82. The van der Waals surface area contributed by atoms with Gasteiger partial charge in [0.15, 0.2) is 0 Å². The fourth-order valence-electron chi connectivity index (χ4n) is 2.49. The van der Waals surface area contributed by atoms with Crippen LogP contribution in [0.2, 0.25) is 0 Å². The summed E-state index contributed by atoms with van der Waals surface area (Å²) in [5.41, 5.74) is 7.09. The van der Waals surface area contributed by atoms with E-state index in [0.717, 1.165) is 5.56 Å². The molecule has 0 saturated carbocycles. The van der Waals surface area contributed by atoms with Gasteiger partial charge in [-0.25, -0.2) is 0 Å². The van der Waals surface area contributed by atoms with Gasteiger partial charge in [-0.05, 0) is 12.0 Å². The fraction of sp³-hybridized carbons (Fsp3) is 0.500. The first kappa shape index (κ1) is 16.5. The predicted octanol–water partition coefficient (Wildman–Crippen LogP) is -0.0801. The Balaban J connectivity index is 1.86. The average Bonchev–Trinajstić information content (AvgIpc) is 2.53. The van der Waals surface area contributed by atoms with Crippen LogP contribution in [-0.4, -0.2) is 55.1 Å². The van der Waals surface area contributed by atoms with Crippen molar-refractivity contribution >= 4 is 11.8 Å². The lowest BCUT2D eigenvalue weighted by Gasteiger charge is -2.34. The molecule has 0 aromatic heterocycles. The number of carbonyl (C=O) groups excluding carboxylic acids is 2. The zero-order chi connectivity index (χ0) is 15.9. The summed E-state index contributed by atoms with van der Waals surface area (Å²) in [7, 11) is 0. The van der Waals surface area contributed by atoms with Gasteiger partial charge >= 0.3 is 0 Å². The van der Waals surface area contributed by atoms with Crippen LogP contribution in [0.25, 0.3) is 0 Å². The van der Waals surface area contributed by atoms with Gasteiger partial charge in [0.2, 0.25) is 11.8 Å². The standard InChI is InChI=1S/C16H23N3O3/c1-12(20)18-10-14-11-19(7-8-22-14)16(21)15(17)9-13-5-3-2-4-6-13/h2-6,14-15H,7-11,17H2,1H3,(H,18,20)/t14-,15+/m0/s1. The van der Waals surface area contributed by atoms with Crippen molar-refractivity contribution in [2.24, 2.45) is 5.73 Å². The zero-order valence-electron chi connectivity index (χ0n) is 12.8. The Morgan fingerprint density at radius 3 is 2.82 bits per heavy atom. The monoisotopic (exact) mass is 305 g/mol. The molecule has 0 aliphatic carbocycles. The first-order valence-electron chi connectivity index (χ1n) is 7.50. The number of amides is 2. The average molecular weight is 305 g/mol. The normalized spacial score (nSPS) is 19.5. The summed E-state index contributed by atoms with van der Waals surface area (Å²) in [6.45, 7) is 3.34. The molecule has 0 unspecified atom stereocenters. The lowest BCUT2D eigenvalue weighted by Crippen LogP contribution is -2.54. The third-order valence-electron chi connectivity index (χ3n) is 3.64. The predicted molar refractivity (Wildman–Crippen MR) is 83.1 cm³/mol. The number of rotatable bonds is 5. The number of hydrogen-bond acceptors (Lipinski definition) is 4. The van der Waals surface area contributed by atoms with Crippen molar-refractivity contribution in [2.75, 3.05) is 26.2 Å². The minimum atomic E-state index is -0.554. The molecule has 6 nitrogen and oxygen atoms in total. The van der Waals surface area contributed by atoms with E-state index in [4.69, 9.17) is 10.5 Å². The Labute approximate surface area is 130 Å². The van der Waals surface area contributed by atoms with Crippen LogP contribution in [0.5, 0.6) is 0 Å². The summed E-state index contributed by atoms with van der Waals surface area (Å²) in [4.78, 5) is 25.1. The number of ether oxygens (including phenoxy) is 1. The smallest absolute Gasteiger partial charge is 0.239 e. The summed E-state index contributed by atoms with van der Waals surface area (Å²) < 4.78 is 5.56. The van der Waals surface area contributed by atoms with Crippen LogP contribution >= 0.6 is 0 Å². The van der Waals surface area contributed by atoms with Gasteiger partial charge in [0.25, 0.3) is 0 Å². The lowest BCUT2D eigenvalue weighted by atomic mass is 10.1. The molecule has 1 saturated heterocycles. The third-order valence-corrected chi connectivity index (χ3v) is 3.64. The first-order valence-corrected chi connectivity index (χ1v) is 7.50. The minimum Gasteiger partial charge on any atom is -0.373 e. The summed E-state index contributed by atoms with van der Waals surface area (Å²) in [5, 5.41) is 2.71. The molecule has 1 heterocycles. The Bertz CT molecular complexity index is 507. The Morgan fingerprint density at radius 1 is 1.41 bits per heavy atom. The van der Waals surface area contributed by atoms with Crippen LogP contribution in [-0.2, 0) is 20.7 Å². The van der Waals surface area contributed by atoms with E-state index in [1.165, 1.54) is 6.92 Å². The molecule has 1 aromatic rings. The molecule has 0 bridgehead atoms. The highest BCUT2D eigenvalue weighted by Gasteiger charge is 2.27. The molecule has 2 amide bonds. The van der Waals surface area contributed by atoms with Crippen molar-refractivity contribution in [1.29, 1.82) is 0 Å². The van der Waals surface area contributed by atoms with E-state index in [2.05, 4.69) is 5.32 Å². The quantitative estimate of drug-likeness (QED) is 0.797. The number of hydrogen-bond donors (Lipinski definition) is 2. The van der Waals surface area contributed by atoms with E-state index in [1.807, 2.05) is 30.3 Å². The molecule has 3 N–H and O–H groups in total. The molecule has 22 heavy (non-hydrogen) atoms. The molecular formula is C16H23N3O3. The molecule has 2 rings (SSSR count). The maximum absolute atomic E-state index is 12.4. The van der Waals surface area contributed by atoms with E-state index < -0.39 is 6.04 Å². The molecule has 0 spiro atoms. The van der Waals surface area contributed by atoms with Gasteiger partial charge < -0.3 is 20.7 Å². The lowest BCUT2D eigenvalue weighted by molar-refractivity contribution is -0.140. The van der Waals surface area contributed by atoms with E-state index >= 15 is 0 Å². The van der Waals surface area contributed by atoms with E-state index in [0.29, 0.717) is 32.7 Å². The van der Waals surface area contributed by atoms with Gasteiger partial charge in [0.05, 0.1) is 18.8 Å². The number of morpholine rings is 1. The second kappa shape index (κ2) is 7.91. The van der Waals surface area contributed by atoms with Crippen LogP contribution in [0.1, 0.15) is 12.5 Å². The number of carbonyl (C=O) groups is 2. The molecule has 1 aromatic carbocycles. The molecule has 1 aliphatic heterocycles. The number of benzene rings is 1. The van der Waals surface area contributed by atoms with Crippen molar-refractivity contribution in [3.8, 4) is 0 Å². The Morgan fingerprint density at radius 2 is 2.14 bits per heavy atom. The number of nitrogens with one attached hydrogen (secondary N) is 1. The van der Waals surface area contributed by atoms with Crippen LogP contribution in [0.4, 0.5) is 0 Å². The van der Waals surface area contributed by atoms with E-state index in [9.17, 15) is 9.59 Å². The van der Waals surface area contributed by atoms with Crippen LogP contribution in [0, 0.1) is 0 Å². The van der Waals surface area contributed by atoms with Crippen molar-refractivity contribution in [3.63, 3.8) is 0 Å². The Kier molecular flexibility index (Phi) is 5.91. The highest BCUT2D eigenvalue weighted by atomic mass is 16.5. The van der Waals surface area contributed by atoms with Crippen LogP contribution < -0.4 is 11.1 Å². The Hall–Kier alpha value is -1.92. The SMILES string of the molecule is CC(=O)NC[C@H]1CN(C(=O)[C@H](N)Cc2ccccc2)CCO1. The summed E-state index contributed by atoms with van der Waals surface area (Å²) in [6.07, 6.45) is 0.346. The maximum atomic E-state index is 12.4. The van der Waals surface area contributed by atoms with Crippen LogP contribution in [0.15, 0.2) is 30.3 Å². The molecule has 120 valence electrons. The van der Waals surface area contributed by atoms with Gasteiger partial charge in [-0.3, -0.25) is 9.59 Å². The summed E-state index contributed by atoms with van der Waals surface area (Å²) in [6, 6.07) is 9.18. The van der Waals surface area contributed by atoms with Crippen molar-refractivity contribution in [1.82, 2.24) is 10.2 Å². The second-order valence-corrected chi connectivity index (χ2v) is 5.51. The molecule has 6 heteroatoms. The van der Waals surface area contributed by atoms with Gasteiger partial charge in [0.1, 0.15) is 0 Å². The first-order chi connectivity index (χ1) is 10.6. The number of nitrogens with two attached hydrogens (primary N) is 1. The molecule has 1 aliphatic rings. The van der Waals surface area contributed by atoms with Gasteiger partial charge in [-0.15, -0.1) is 0 Å². The second-order valence-electron chi connectivity index (χ2n) is 5.51. The minimum absolute atomic E-state index is 0.0695. The largest absolute Gasteiger partial charge is 0.373 e. The van der Waals surface area contributed by atoms with E-state index in [-0.39, 0.29) is 17.9 Å². The molecular weight excluding hydrogens is 282 g/mol. The van der Waals surface area contributed by atoms with Crippen molar-refractivity contribution in [3.05, 3.63) is 35.9 Å². The molecule has 1 fully saturated rings. The van der Waals surface area contributed by atoms with E-state index in [1.54, 1.807) is 4.90 Å². The van der Waals surface area contributed by atoms with Gasteiger partial charge in [-0.2, -0.15) is 0 Å². The maximum Gasteiger partial charge on any atom is 0.239 e.